The molecule has 0 bridgehead atoms. The number of nitrogens with zero attached hydrogens (tertiary/aromatic N) is 3. The number of hydrogen-bond acceptors (Lipinski definition) is 3. The van der Waals surface area contributed by atoms with Gasteiger partial charge in [-0.1, -0.05) is 0 Å². The van der Waals surface area contributed by atoms with Gasteiger partial charge in [-0.3, -0.25) is 0 Å². The summed E-state index contributed by atoms with van der Waals surface area (Å²) in [5, 5.41) is 23.5. The van der Waals surface area contributed by atoms with E-state index in [0.717, 1.165) is 0 Å². The third-order valence-corrected chi connectivity index (χ3v) is 0.387. The van der Waals surface area contributed by atoms with E-state index in [1.807, 2.05) is 0 Å². The molecule has 0 atom stereocenters. The first kappa shape index (κ1) is 10.5. The van der Waals surface area contributed by atoms with Crippen molar-refractivity contribution in [1.29, 1.82) is 15.8 Å². The SMILES string of the molecule is N#CB(C#N)C#N.[NaH]. The zero-order valence-electron chi connectivity index (χ0n) is 3.42. The van der Waals surface area contributed by atoms with Gasteiger partial charge in [-0.15, -0.1) is 0 Å². The van der Waals surface area contributed by atoms with Crippen LogP contribution in [0.15, 0.2) is 0 Å². The van der Waals surface area contributed by atoms with Gasteiger partial charge in [-0.25, -0.2) is 15.8 Å². The number of hydrogen-bond donors (Lipinski definition) is 0. The summed E-state index contributed by atoms with van der Waals surface area (Å²) in [5.41, 5.74) is 0. The van der Waals surface area contributed by atoms with Crippen LogP contribution in [0.1, 0.15) is 0 Å². The van der Waals surface area contributed by atoms with E-state index in [0.29, 0.717) is 0 Å². The monoisotopic (exact) mass is 113 g/mol. The minimum absolute atomic E-state index is 0. The van der Waals surface area contributed by atoms with Crippen molar-refractivity contribution in [2.45, 2.75) is 0 Å². The summed E-state index contributed by atoms with van der Waals surface area (Å²) in [6.45, 7) is -1.10. The summed E-state index contributed by atoms with van der Waals surface area (Å²) >= 11 is 0. The van der Waals surface area contributed by atoms with E-state index in [-0.39, 0.29) is 29.6 Å². The van der Waals surface area contributed by atoms with Crippen molar-refractivity contribution in [3.05, 3.63) is 0 Å². The van der Waals surface area contributed by atoms with E-state index >= 15 is 0 Å². The van der Waals surface area contributed by atoms with Crippen LogP contribution in [0.25, 0.3) is 0 Å². The van der Waals surface area contributed by atoms with E-state index < -0.39 is 6.71 Å². The average molecular weight is 113 g/mol. The first-order valence-corrected chi connectivity index (χ1v) is 1.54. The van der Waals surface area contributed by atoms with Gasteiger partial charge >= 0.3 is 36.3 Å². The molecule has 8 heavy (non-hydrogen) atoms. The van der Waals surface area contributed by atoms with Crippen LogP contribution in [0.4, 0.5) is 0 Å². The van der Waals surface area contributed by atoms with E-state index in [1.165, 1.54) is 17.9 Å². The van der Waals surface area contributed by atoms with E-state index in [1.54, 1.807) is 0 Å². The molecular formula is C3HBN3Na. The van der Waals surface area contributed by atoms with Gasteiger partial charge < -0.3 is 0 Å². The Labute approximate surface area is 69.9 Å². The van der Waals surface area contributed by atoms with Crippen LogP contribution < -0.4 is 0 Å². The molecule has 3 nitrogen and oxygen atoms in total. The summed E-state index contributed by atoms with van der Waals surface area (Å²) in [6.07, 6.45) is 0. The third-order valence-electron chi connectivity index (χ3n) is 0.387. The molecule has 0 aromatic rings. The van der Waals surface area contributed by atoms with Crippen LogP contribution in [-0.2, 0) is 0 Å². The van der Waals surface area contributed by atoms with Gasteiger partial charge in [0, 0.05) is 17.9 Å². The Kier molecular flexibility index (Phi) is 8.58. The molecule has 5 heteroatoms. The number of nitriles is 3. The van der Waals surface area contributed by atoms with Crippen molar-refractivity contribution >= 4 is 36.3 Å². The molecule has 0 amide bonds. The van der Waals surface area contributed by atoms with Crippen molar-refractivity contribution in [2.24, 2.45) is 0 Å². The van der Waals surface area contributed by atoms with Crippen LogP contribution in [0.3, 0.4) is 0 Å². The second-order valence-electron chi connectivity index (χ2n) is 0.820. The van der Waals surface area contributed by atoms with Crippen LogP contribution in [0.5, 0.6) is 0 Å². The summed E-state index contributed by atoms with van der Waals surface area (Å²) in [4.78, 5) is 0. The Hall–Kier alpha value is -0.465. The molecule has 0 aliphatic rings. The quantitative estimate of drug-likeness (QED) is 0.379. The van der Waals surface area contributed by atoms with E-state index in [2.05, 4.69) is 0 Å². The first-order chi connectivity index (χ1) is 3.35. The molecule has 0 aromatic carbocycles. The fourth-order valence-electron chi connectivity index (χ4n) is 0.0866. The van der Waals surface area contributed by atoms with E-state index in [9.17, 15) is 0 Å². The summed E-state index contributed by atoms with van der Waals surface area (Å²) in [5.74, 6) is 4.44. The zero-order valence-corrected chi connectivity index (χ0v) is 3.42. The van der Waals surface area contributed by atoms with Crippen LogP contribution >= 0.6 is 0 Å². The van der Waals surface area contributed by atoms with Gasteiger partial charge in [-0.2, -0.15) is 0 Å². The molecule has 0 aromatic heterocycles. The van der Waals surface area contributed by atoms with Gasteiger partial charge in [0.05, 0.1) is 0 Å². The molecule has 0 saturated carbocycles. The normalized spacial score (nSPS) is 4.12. The minimum atomic E-state index is -1.10. The topological polar surface area (TPSA) is 71.4 Å². The van der Waals surface area contributed by atoms with E-state index in [4.69, 9.17) is 15.8 Å². The summed E-state index contributed by atoms with van der Waals surface area (Å²) in [6, 6.07) is 0. The van der Waals surface area contributed by atoms with Gasteiger partial charge in [0.1, 0.15) is 0 Å². The molecule has 32 valence electrons. The molecule has 0 aliphatic heterocycles. The second-order valence-corrected chi connectivity index (χ2v) is 0.820. The molecule has 0 heterocycles. The maximum absolute atomic E-state index is 7.83. The Bertz CT molecular complexity index is 137. The number of rotatable bonds is 0. The summed E-state index contributed by atoms with van der Waals surface area (Å²) in [7, 11) is 0. The molecule has 0 spiro atoms. The summed E-state index contributed by atoms with van der Waals surface area (Å²) < 4.78 is 0. The Morgan fingerprint density at radius 3 is 1.12 bits per heavy atom. The average Bonchev–Trinajstić information content (AvgIpc) is 1.72. The maximum atomic E-state index is 7.83. The fraction of sp³-hybridized carbons (Fsp3) is 0. The molecule has 0 rings (SSSR count). The van der Waals surface area contributed by atoms with Crippen molar-refractivity contribution in [3.63, 3.8) is 0 Å². The molecule has 0 unspecified atom stereocenters. The predicted octanol–water partition coefficient (Wildman–Crippen LogP) is -0.979. The molecule has 0 saturated heterocycles. The van der Waals surface area contributed by atoms with Crippen LogP contribution in [-0.4, -0.2) is 36.3 Å². The molecule has 0 N–H and O–H groups in total. The fourth-order valence-corrected chi connectivity index (χ4v) is 0.0866. The van der Waals surface area contributed by atoms with Crippen LogP contribution in [0.2, 0.25) is 0 Å². The Morgan fingerprint density at radius 1 is 0.875 bits per heavy atom. The van der Waals surface area contributed by atoms with Crippen LogP contribution in [0, 0.1) is 33.7 Å². The van der Waals surface area contributed by atoms with Gasteiger partial charge in [0.15, 0.2) is 0 Å². The van der Waals surface area contributed by atoms with Gasteiger partial charge in [-0.05, 0) is 0 Å². The molecular weight excluding hydrogens is 112 g/mol. The molecule has 0 fully saturated rings. The van der Waals surface area contributed by atoms with Gasteiger partial charge in [0.25, 0.3) is 0 Å². The Balaban J connectivity index is 0. The van der Waals surface area contributed by atoms with Gasteiger partial charge in [0.2, 0.25) is 0 Å². The Morgan fingerprint density at radius 2 is 1.12 bits per heavy atom. The zero-order chi connectivity index (χ0) is 5.70. The van der Waals surface area contributed by atoms with Crippen molar-refractivity contribution < 1.29 is 0 Å². The second kappa shape index (κ2) is 6.53. The first-order valence-electron chi connectivity index (χ1n) is 1.54. The molecule has 0 aliphatic carbocycles. The standard InChI is InChI=1S/C3BN3.Na.H/c5-1-4(2-6)3-7;;. The molecule has 0 radical (unpaired) electrons. The van der Waals surface area contributed by atoms with Crippen molar-refractivity contribution in [3.8, 4) is 17.9 Å². The van der Waals surface area contributed by atoms with Crippen molar-refractivity contribution in [1.82, 2.24) is 0 Å². The van der Waals surface area contributed by atoms with Crippen molar-refractivity contribution in [2.75, 3.05) is 0 Å². The predicted molar refractivity (Wildman–Crippen MR) is 29.7 cm³/mol. The third kappa shape index (κ3) is 3.72.